The summed E-state index contributed by atoms with van der Waals surface area (Å²) in [5.74, 6) is 0.841. The number of nitrogens with zero attached hydrogens (tertiary/aromatic N) is 2. The van der Waals surface area contributed by atoms with Gasteiger partial charge in [0, 0.05) is 14.2 Å². The number of nitrogens with one attached hydrogen (secondary N) is 1. The Morgan fingerprint density at radius 1 is 1.39 bits per heavy atom. The van der Waals surface area contributed by atoms with Crippen LogP contribution in [0.1, 0.15) is 38.4 Å². The Morgan fingerprint density at radius 2 is 2.11 bits per heavy atom. The van der Waals surface area contributed by atoms with Gasteiger partial charge in [-0.1, -0.05) is 6.92 Å². The van der Waals surface area contributed by atoms with E-state index >= 15 is 0 Å². The van der Waals surface area contributed by atoms with Crippen molar-refractivity contribution in [2.24, 2.45) is 7.05 Å². The molecular weight excluding hydrogens is 230 g/mol. The van der Waals surface area contributed by atoms with E-state index in [0.717, 1.165) is 30.8 Å². The average molecular weight is 255 g/mol. The lowest BCUT2D eigenvalue weighted by Crippen LogP contribution is -2.25. The lowest BCUT2D eigenvalue weighted by Gasteiger charge is -2.21. The Balaban J connectivity index is 2.79. The zero-order chi connectivity index (χ0) is 13.5. The molecule has 0 saturated carbocycles. The maximum atomic E-state index is 5.37. The number of methoxy groups -OCH3 is 2. The summed E-state index contributed by atoms with van der Waals surface area (Å²) >= 11 is 0. The lowest BCUT2D eigenvalue weighted by atomic mass is 10.0. The maximum absolute atomic E-state index is 5.37. The molecule has 0 aliphatic rings. The van der Waals surface area contributed by atoms with Gasteiger partial charge < -0.3 is 14.8 Å². The second-order valence-electron chi connectivity index (χ2n) is 4.46. The van der Waals surface area contributed by atoms with E-state index in [9.17, 15) is 0 Å². The molecule has 0 aliphatic heterocycles. The molecule has 0 bridgehead atoms. The van der Waals surface area contributed by atoms with Crippen molar-refractivity contribution in [2.45, 2.75) is 38.8 Å². The van der Waals surface area contributed by atoms with Crippen LogP contribution in [0.2, 0.25) is 0 Å². The molecule has 0 aromatic carbocycles. The van der Waals surface area contributed by atoms with Crippen LogP contribution in [0.3, 0.4) is 0 Å². The van der Waals surface area contributed by atoms with Crippen molar-refractivity contribution in [3.63, 3.8) is 0 Å². The van der Waals surface area contributed by atoms with Crippen LogP contribution in [0.15, 0.2) is 6.20 Å². The standard InChI is InChI=1S/C13H25N3O2/c1-6-14-11(8-7-10(2)17-4)13-12(18-5)9-15-16(13)3/h9-11,14H,6-8H2,1-5H3. The molecule has 1 aromatic heterocycles. The smallest absolute Gasteiger partial charge is 0.161 e. The highest BCUT2D eigenvalue weighted by Crippen LogP contribution is 2.27. The molecule has 1 aromatic rings. The first-order chi connectivity index (χ1) is 8.63. The number of rotatable bonds is 8. The van der Waals surface area contributed by atoms with Gasteiger partial charge >= 0.3 is 0 Å². The Kier molecular flexibility index (Phi) is 6.15. The predicted molar refractivity (Wildman–Crippen MR) is 71.9 cm³/mol. The molecule has 0 fully saturated rings. The van der Waals surface area contributed by atoms with E-state index in [0.29, 0.717) is 0 Å². The largest absolute Gasteiger partial charge is 0.493 e. The van der Waals surface area contributed by atoms with Crippen molar-refractivity contribution in [2.75, 3.05) is 20.8 Å². The molecule has 1 heterocycles. The maximum Gasteiger partial charge on any atom is 0.161 e. The molecule has 1 N–H and O–H groups in total. The summed E-state index contributed by atoms with van der Waals surface area (Å²) in [5.41, 5.74) is 1.10. The van der Waals surface area contributed by atoms with Crippen molar-refractivity contribution in [3.8, 4) is 5.75 Å². The zero-order valence-electron chi connectivity index (χ0n) is 12.1. The summed E-state index contributed by atoms with van der Waals surface area (Å²) in [4.78, 5) is 0. The van der Waals surface area contributed by atoms with Gasteiger partial charge in [0.1, 0.15) is 0 Å². The summed E-state index contributed by atoms with van der Waals surface area (Å²) < 4.78 is 12.6. The van der Waals surface area contributed by atoms with Crippen LogP contribution >= 0.6 is 0 Å². The van der Waals surface area contributed by atoms with Crippen LogP contribution in [0.4, 0.5) is 0 Å². The molecule has 5 heteroatoms. The van der Waals surface area contributed by atoms with Gasteiger partial charge in [0.15, 0.2) is 5.75 Å². The number of hydrogen-bond donors (Lipinski definition) is 1. The van der Waals surface area contributed by atoms with Crippen molar-refractivity contribution in [1.82, 2.24) is 15.1 Å². The monoisotopic (exact) mass is 255 g/mol. The van der Waals surface area contributed by atoms with Crippen molar-refractivity contribution in [1.29, 1.82) is 0 Å². The fourth-order valence-corrected chi connectivity index (χ4v) is 2.08. The van der Waals surface area contributed by atoms with Crippen molar-refractivity contribution < 1.29 is 9.47 Å². The Morgan fingerprint density at radius 3 is 2.67 bits per heavy atom. The number of aryl methyl sites for hydroxylation is 1. The third-order valence-electron chi connectivity index (χ3n) is 3.21. The van der Waals surface area contributed by atoms with E-state index in [4.69, 9.17) is 9.47 Å². The van der Waals surface area contributed by atoms with Gasteiger partial charge in [0.05, 0.1) is 31.1 Å². The second kappa shape index (κ2) is 7.38. The van der Waals surface area contributed by atoms with E-state index in [-0.39, 0.29) is 12.1 Å². The average Bonchev–Trinajstić information content (AvgIpc) is 2.75. The molecule has 0 aliphatic carbocycles. The summed E-state index contributed by atoms with van der Waals surface area (Å²) in [6.45, 7) is 5.11. The van der Waals surface area contributed by atoms with E-state index in [1.54, 1.807) is 20.4 Å². The van der Waals surface area contributed by atoms with Crippen molar-refractivity contribution >= 4 is 0 Å². The van der Waals surface area contributed by atoms with Gasteiger partial charge in [0.25, 0.3) is 0 Å². The summed E-state index contributed by atoms with van der Waals surface area (Å²) in [5, 5.41) is 7.74. The van der Waals surface area contributed by atoms with E-state index in [2.05, 4.69) is 24.3 Å². The minimum atomic E-state index is 0.245. The van der Waals surface area contributed by atoms with Crippen LogP contribution in [-0.4, -0.2) is 36.6 Å². The van der Waals surface area contributed by atoms with Gasteiger partial charge in [-0.2, -0.15) is 5.10 Å². The normalized spacial score (nSPS) is 14.5. The fraction of sp³-hybridized carbons (Fsp3) is 0.769. The zero-order valence-corrected chi connectivity index (χ0v) is 12.1. The highest BCUT2D eigenvalue weighted by atomic mass is 16.5. The van der Waals surface area contributed by atoms with Gasteiger partial charge in [-0.15, -0.1) is 0 Å². The van der Waals surface area contributed by atoms with Gasteiger partial charge in [-0.25, -0.2) is 0 Å². The summed E-state index contributed by atoms with van der Waals surface area (Å²) in [6.07, 6.45) is 4.03. The third-order valence-corrected chi connectivity index (χ3v) is 3.21. The molecule has 18 heavy (non-hydrogen) atoms. The fourth-order valence-electron chi connectivity index (χ4n) is 2.08. The van der Waals surface area contributed by atoms with Crippen LogP contribution in [0, 0.1) is 0 Å². The molecule has 2 unspecified atom stereocenters. The first-order valence-electron chi connectivity index (χ1n) is 6.46. The Hall–Kier alpha value is -1.07. The SMILES string of the molecule is CCNC(CCC(C)OC)c1c(OC)cnn1C. The minimum absolute atomic E-state index is 0.245. The second-order valence-corrected chi connectivity index (χ2v) is 4.46. The number of hydrogen-bond acceptors (Lipinski definition) is 4. The van der Waals surface area contributed by atoms with E-state index in [1.807, 2.05) is 11.7 Å². The summed E-state index contributed by atoms with van der Waals surface area (Å²) in [6, 6.07) is 0.245. The molecule has 1 rings (SSSR count). The first kappa shape index (κ1) is 15.0. The minimum Gasteiger partial charge on any atom is -0.493 e. The van der Waals surface area contributed by atoms with Gasteiger partial charge in [0.2, 0.25) is 0 Å². The topological polar surface area (TPSA) is 48.3 Å². The molecule has 0 spiro atoms. The molecule has 0 amide bonds. The third kappa shape index (κ3) is 3.71. The first-order valence-corrected chi connectivity index (χ1v) is 6.46. The lowest BCUT2D eigenvalue weighted by molar-refractivity contribution is 0.105. The van der Waals surface area contributed by atoms with E-state index < -0.39 is 0 Å². The van der Waals surface area contributed by atoms with Crippen LogP contribution in [0.5, 0.6) is 5.75 Å². The number of aromatic nitrogens is 2. The number of ether oxygens (including phenoxy) is 2. The predicted octanol–water partition coefficient (Wildman–Crippen LogP) is 1.89. The van der Waals surface area contributed by atoms with E-state index in [1.165, 1.54) is 0 Å². The molecule has 2 atom stereocenters. The van der Waals surface area contributed by atoms with Gasteiger partial charge in [-0.05, 0) is 26.3 Å². The molecule has 104 valence electrons. The molecule has 5 nitrogen and oxygen atoms in total. The Labute approximate surface area is 109 Å². The molecule has 0 saturated heterocycles. The van der Waals surface area contributed by atoms with Crippen LogP contribution in [0.25, 0.3) is 0 Å². The summed E-state index contributed by atoms with van der Waals surface area (Å²) in [7, 11) is 5.38. The Bertz CT molecular complexity index is 352. The van der Waals surface area contributed by atoms with Crippen LogP contribution < -0.4 is 10.1 Å². The highest BCUT2D eigenvalue weighted by molar-refractivity contribution is 5.28. The van der Waals surface area contributed by atoms with Crippen LogP contribution in [-0.2, 0) is 11.8 Å². The molecular formula is C13H25N3O2. The van der Waals surface area contributed by atoms with Gasteiger partial charge in [-0.3, -0.25) is 4.68 Å². The molecule has 0 radical (unpaired) electrons. The highest BCUT2D eigenvalue weighted by Gasteiger charge is 2.20. The quantitative estimate of drug-likeness (QED) is 0.770. The van der Waals surface area contributed by atoms with Crippen molar-refractivity contribution in [3.05, 3.63) is 11.9 Å².